The fraction of sp³-hybridized carbons (Fsp3) is 0.167. The van der Waals surface area contributed by atoms with Gasteiger partial charge in [-0.25, -0.2) is 0 Å². The summed E-state index contributed by atoms with van der Waals surface area (Å²) in [6.07, 6.45) is 1.54. The molecular formula is C24H20IN3O5. The number of benzene rings is 3. The Balaban J connectivity index is 1.70. The average Bonchev–Trinajstić information content (AvgIpc) is 2.82. The molecule has 0 radical (unpaired) electrons. The van der Waals surface area contributed by atoms with Crippen LogP contribution in [0.4, 0.5) is 5.69 Å². The highest BCUT2D eigenvalue weighted by Crippen LogP contribution is 2.34. The molecule has 9 heteroatoms. The Hall–Kier alpha value is -3.65. The Morgan fingerprint density at radius 2 is 1.94 bits per heavy atom. The van der Waals surface area contributed by atoms with Gasteiger partial charge in [-0.15, -0.1) is 0 Å². The lowest BCUT2D eigenvalue weighted by Gasteiger charge is -2.15. The van der Waals surface area contributed by atoms with E-state index < -0.39 is 4.92 Å². The summed E-state index contributed by atoms with van der Waals surface area (Å²) in [6, 6.07) is 19.3. The first-order chi connectivity index (χ1) is 16.0. The van der Waals surface area contributed by atoms with Gasteiger partial charge in [-0.2, -0.15) is 5.26 Å². The fourth-order valence-corrected chi connectivity index (χ4v) is 3.72. The molecule has 0 aliphatic rings. The number of rotatable bonds is 10. The molecule has 0 spiro atoms. The molecule has 0 amide bonds. The highest BCUT2D eigenvalue weighted by molar-refractivity contribution is 14.1. The second-order valence-corrected chi connectivity index (χ2v) is 7.92. The van der Waals surface area contributed by atoms with E-state index in [0.29, 0.717) is 29.2 Å². The zero-order valence-electron chi connectivity index (χ0n) is 17.7. The molecule has 3 aromatic carbocycles. The second kappa shape index (κ2) is 11.8. The number of non-ortho nitro benzene ring substituents is 1. The topological polar surface area (TPSA) is 107 Å². The molecule has 33 heavy (non-hydrogen) atoms. The van der Waals surface area contributed by atoms with E-state index in [2.05, 4.69) is 33.8 Å². The van der Waals surface area contributed by atoms with Crippen molar-refractivity contribution in [1.82, 2.24) is 0 Å². The lowest BCUT2D eigenvalue weighted by molar-refractivity contribution is -0.384. The van der Waals surface area contributed by atoms with E-state index in [1.807, 2.05) is 31.2 Å². The third-order valence-corrected chi connectivity index (χ3v) is 5.27. The van der Waals surface area contributed by atoms with Gasteiger partial charge in [-0.05, 0) is 53.3 Å². The molecule has 168 valence electrons. The van der Waals surface area contributed by atoms with Gasteiger partial charge < -0.3 is 14.3 Å². The SMILES string of the molecule is CCOc1cc(/C=N\OCc2cccc([N+](=O)[O-])c2)cc(I)c1OCc1ccccc1C#N. The van der Waals surface area contributed by atoms with Gasteiger partial charge >= 0.3 is 0 Å². The monoisotopic (exact) mass is 557 g/mol. The van der Waals surface area contributed by atoms with Crippen LogP contribution in [0.2, 0.25) is 0 Å². The molecule has 0 fully saturated rings. The predicted octanol–water partition coefficient (Wildman–Crippen LogP) is 5.60. The first-order valence-electron chi connectivity index (χ1n) is 9.97. The number of oxime groups is 1. The van der Waals surface area contributed by atoms with Crippen LogP contribution < -0.4 is 9.47 Å². The number of ether oxygens (including phenoxy) is 2. The highest BCUT2D eigenvalue weighted by atomic mass is 127. The van der Waals surface area contributed by atoms with Crippen LogP contribution in [0.5, 0.6) is 11.5 Å². The quantitative estimate of drug-likeness (QED) is 0.139. The molecule has 0 unspecified atom stereocenters. The number of nitro benzene ring substituents is 1. The van der Waals surface area contributed by atoms with E-state index in [1.165, 1.54) is 18.3 Å². The molecule has 0 saturated carbocycles. The molecule has 0 bridgehead atoms. The number of halogens is 1. The molecule has 3 rings (SSSR count). The normalized spacial score (nSPS) is 10.6. The maximum Gasteiger partial charge on any atom is 0.269 e. The van der Waals surface area contributed by atoms with Crippen LogP contribution in [-0.2, 0) is 18.1 Å². The van der Waals surface area contributed by atoms with Gasteiger partial charge in [0.2, 0.25) is 0 Å². The number of nitro groups is 1. The summed E-state index contributed by atoms with van der Waals surface area (Å²) in [6.45, 7) is 2.67. The molecule has 0 heterocycles. The van der Waals surface area contributed by atoms with Crippen molar-refractivity contribution in [1.29, 1.82) is 5.26 Å². The first-order valence-corrected chi connectivity index (χ1v) is 11.1. The van der Waals surface area contributed by atoms with E-state index in [-0.39, 0.29) is 18.9 Å². The van der Waals surface area contributed by atoms with Gasteiger partial charge in [-0.3, -0.25) is 10.1 Å². The predicted molar refractivity (Wildman–Crippen MR) is 131 cm³/mol. The van der Waals surface area contributed by atoms with Crippen molar-refractivity contribution in [3.63, 3.8) is 0 Å². The van der Waals surface area contributed by atoms with E-state index >= 15 is 0 Å². The molecule has 0 aliphatic heterocycles. The third-order valence-electron chi connectivity index (χ3n) is 4.47. The van der Waals surface area contributed by atoms with Crippen molar-refractivity contribution in [3.05, 3.63) is 96.6 Å². The zero-order chi connectivity index (χ0) is 23.6. The van der Waals surface area contributed by atoms with Crippen molar-refractivity contribution < 1.29 is 19.2 Å². The number of hydrogen-bond acceptors (Lipinski definition) is 7. The van der Waals surface area contributed by atoms with Crippen molar-refractivity contribution in [2.45, 2.75) is 20.1 Å². The van der Waals surface area contributed by atoms with E-state index in [9.17, 15) is 15.4 Å². The molecular weight excluding hydrogens is 537 g/mol. The van der Waals surface area contributed by atoms with Crippen LogP contribution in [0.3, 0.4) is 0 Å². The maximum atomic E-state index is 10.9. The summed E-state index contributed by atoms with van der Waals surface area (Å²) in [5.74, 6) is 1.14. The molecule has 8 nitrogen and oxygen atoms in total. The minimum Gasteiger partial charge on any atom is -0.490 e. The summed E-state index contributed by atoms with van der Waals surface area (Å²) in [4.78, 5) is 15.7. The standard InChI is InChI=1S/C24H20IN3O5/c1-2-31-23-12-18(14-27-33-15-17-6-5-9-21(10-17)28(29)30)11-22(25)24(23)32-16-20-8-4-3-7-19(20)13-26/h3-12,14H,2,15-16H2,1H3/b27-14-. The zero-order valence-corrected chi connectivity index (χ0v) is 19.9. The summed E-state index contributed by atoms with van der Waals surface area (Å²) >= 11 is 2.16. The van der Waals surface area contributed by atoms with E-state index in [4.69, 9.17) is 14.3 Å². The molecule has 0 aromatic heterocycles. The highest BCUT2D eigenvalue weighted by Gasteiger charge is 2.13. The molecule has 0 saturated heterocycles. The minimum atomic E-state index is -0.452. The Kier molecular flexibility index (Phi) is 8.60. The van der Waals surface area contributed by atoms with E-state index in [1.54, 1.807) is 24.3 Å². The molecule has 0 N–H and O–H groups in total. The maximum absolute atomic E-state index is 10.9. The Labute approximate surface area is 204 Å². The molecule has 3 aromatic rings. The lowest BCUT2D eigenvalue weighted by Crippen LogP contribution is -2.03. The van der Waals surface area contributed by atoms with Gasteiger partial charge in [-0.1, -0.05) is 35.5 Å². The summed E-state index contributed by atoms with van der Waals surface area (Å²) in [7, 11) is 0. The smallest absolute Gasteiger partial charge is 0.269 e. The Morgan fingerprint density at radius 3 is 2.70 bits per heavy atom. The van der Waals surface area contributed by atoms with E-state index in [0.717, 1.165) is 14.7 Å². The van der Waals surface area contributed by atoms with Gasteiger partial charge in [0, 0.05) is 23.3 Å². The van der Waals surface area contributed by atoms with Crippen molar-refractivity contribution in [2.75, 3.05) is 6.61 Å². The molecule has 0 aliphatic carbocycles. The van der Waals surface area contributed by atoms with Crippen LogP contribution in [0.15, 0.2) is 65.8 Å². The Bertz CT molecular complexity index is 1210. The lowest BCUT2D eigenvalue weighted by atomic mass is 10.1. The average molecular weight is 557 g/mol. The molecule has 0 atom stereocenters. The number of hydrogen-bond donors (Lipinski definition) is 0. The number of nitrogens with zero attached hydrogens (tertiary/aromatic N) is 3. The summed E-state index contributed by atoms with van der Waals surface area (Å²) in [5, 5.41) is 24.1. The fourth-order valence-electron chi connectivity index (χ4n) is 2.94. The van der Waals surface area contributed by atoms with Gasteiger partial charge in [0.15, 0.2) is 11.5 Å². The van der Waals surface area contributed by atoms with Crippen LogP contribution >= 0.6 is 22.6 Å². The van der Waals surface area contributed by atoms with Gasteiger partial charge in [0.25, 0.3) is 5.69 Å². The van der Waals surface area contributed by atoms with Crippen molar-refractivity contribution in [2.24, 2.45) is 5.16 Å². The van der Waals surface area contributed by atoms with Gasteiger partial charge in [0.05, 0.1) is 32.9 Å². The van der Waals surface area contributed by atoms with Crippen molar-refractivity contribution in [3.8, 4) is 17.6 Å². The van der Waals surface area contributed by atoms with Gasteiger partial charge in [0.1, 0.15) is 13.2 Å². The van der Waals surface area contributed by atoms with Crippen LogP contribution in [0, 0.1) is 25.0 Å². The second-order valence-electron chi connectivity index (χ2n) is 6.76. The third kappa shape index (κ3) is 6.66. The minimum absolute atomic E-state index is 0.00368. The summed E-state index contributed by atoms with van der Waals surface area (Å²) < 4.78 is 12.6. The van der Waals surface area contributed by atoms with Crippen LogP contribution in [0.25, 0.3) is 0 Å². The van der Waals surface area contributed by atoms with Crippen LogP contribution in [0.1, 0.15) is 29.2 Å². The van der Waals surface area contributed by atoms with Crippen molar-refractivity contribution >= 4 is 34.5 Å². The van der Waals surface area contributed by atoms with Crippen LogP contribution in [-0.4, -0.2) is 17.7 Å². The Morgan fingerprint density at radius 1 is 1.12 bits per heavy atom. The largest absolute Gasteiger partial charge is 0.490 e. The first kappa shape index (κ1) is 24.0. The number of nitriles is 1. The summed E-state index contributed by atoms with van der Waals surface area (Å²) in [5.41, 5.74) is 2.75.